The highest BCUT2D eigenvalue weighted by Crippen LogP contribution is 2.28. The largest absolute Gasteiger partial charge is 0.342 e. The summed E-state index contributed by atoms with van der Waals surface area (Å²) in [6.07, 6.45) is 3.06. The molecule has 0 radical (unpaired) electrons. The lowest BCUT2D eigenvalue weighted by atomic mass is 9.84. The summed E-state index contributed by atoms with van der Waals surface area (Å²) in [5, 5.41) is 0. The van der Waals surface area contributed by atoms with Crippen LogP contribution < -0.4 is 0 Å². The van der Waals surface area contributed by atoms with Gasteiger partial charge in [0.1, 0.15) is 0 Å². The summed E-state index contributed by atoms with van der Waals surface area (Å²) in [7, 11) is 0. The number of carbonyl (C=O) groups is 1. The summed E-state index contributed by atoms with van der Waals surface area (Å²) in [5.74, 6) is 0.308. The van der Waals surface area contributed by atoms with Crippen LogP contribution >= 0.6 is 0 Å². The van der Waals surface area contributed by atoms with Crippen molar-refractivity contribution in [1.82, 2.24) is 4.90 Å². The summed E-state index contributed by atoms with van der Waals surface area (Å²) in [6, 6.07) is 0. The van der Waals surface area contributed by atoms with E-state index in [1.807, 2.05) is 11.8 Å². The van der Waals surface area contributed by atoms with Gasteiger partial charge < -0.3 is 4.90 Å². The van der Waals surface area contributed by atoms with Crippen molar-refractivity contribution in [3.05, 3.63) is 0 Å². The van der Waals surface area contributed by atoms with Crippen LogP contribution in [0.3, 0.4) is 0 Å². The fourth-order valence-electron chi connectivity index (χ4n) is 1.86. The molecule has 1 fully saturated rings. The monoisotopic (exact) mass is 169 g/mol. The summed E-state index contributed by atoms with van der Waals surface area (Å²) in [4.78, 5) is 13.4. The van der Waals surface area contributed by atoms with Gasteiger partial charge in [-0.25, -0.2) is 0 Å². The van der Waals surface area contributed by atoms with Crippen molar-refractivity contribution < 1.29 is 4.79 Å². The molecule has 70 valence electrons. The molecular formula is C10H19NO. The molecule has 1 amide bonds. The smallest absolute Gasteiger partial charge is 0.222 e. The molecule has 1 heterocycles. The van der Waals surface area contributed by atoms with Gasteiger partial charge in [-0.15, -0.1) is 0 Å². The average Bonchev–Trinajstić information content (AvgIpc) is 2.01. The van der Waals surface area contributed by atoms with E-state index in [0.717, 1.165) is 13.1 Å². The van der Waals surface area contributed by atoms with Crippen LogP contribution in [0, 0.1) is 5.41 Å². The molecule has 0 aromatic rings. The molecule has 0 spiro atoms. The van der Waals surface area contributed by atoms with E-state index < -0.39 is 0 Å². The van der Waals surface area contributed by atoms with Crippen molar-refractivity contribution in [2.24, 2.45) is 5.41 Å². The molecule has 1 aliphatic rings. The molecule has 1 saturated heterocycles. The van der Waals surface area contributed by atoms with Gasteiger partial charge in [0.2, 0.25) is 5.91 Å². The first-order valence-corrected chi connectivity index (χ1v) is 4.83. The number of amides is 1. The van der Waals surface area contributed by atoms with Crippen LogP contribution in [-0.4, -0.2) is 23.9 Å². The van der Waals surface area contributed by atoms with Crippen LogP contribution in [0.25, 0.3) is 0 Å². The minimum absolute atomic E-state index is 0.308. The average molecular weight is 169 g/mol. The molecule has 1 rings (SSSR count). The topological polar surface area (TPSA) is 20.3 Å². The summed E-state index contributed by atoms with van der Waals surface area (Å²) in [6.45, 7) is 8.32. The van der Waals surface area contributed by atoms with Crippen molar-refractivity contribution in [2.75, 3.05) is 13.1 Å². The Morgan fingerprint density at radius 3 is 2.67 bits per heavy atom. The molecule has 2 nitrogen and oxygen atoms in total. The Kier molecular flexibility index (Phi) is 2.76. The lowest BCUT2D eigenvalue weighted by Gasteiger charge is -2.37. The number of rotatable bonds is 1. The molecule has 1 aliphatic heterocycles. The summed E-state index contributed by atoms with van der Waals surface area (Å²) >= 11 is 0. The molecule has 2 heteroatoms. The molecular weight excluding hydrogens is 150 g/mol. The predicted octanol–water partition coefficient (Wildman–Crippen LogP) is 2.04. The number of hydrogen-bond acceptors (Lipinski definition) is 1. The summed E-state index contributed by atoms with van der Waals surface area (Å²) < 4.78 is 0. The Morgan fingerprint density at radius 1 is 1.50 bits per heavy atom. The van der Waals surface area contributed by atoms with Crippen LogP contribution in [0.1, 0.15) is 40.0 Å². The number of nitrogens with zero attached hydrogens (tertiary/aromatic N) is 1. The Hall–Kier alpha value is -0.530. The van der Waals surface area contributed by atoms with Crippen LogP contribution in [-0.2, 0) is 4.79 Å². The molecule has 0 aliphatic carbocycles. The van der Waals surface area contributed by atoms with Gasteiger partial charge in [0.05, 0.1) is 0 Å². The second kappa shape index (κ2) is 3.46. The normalized spacial score (nSPS) is 22.4. The predicted molar refractivity (Wildman–Crippen MR) is 49.9 cm³/mol. The minimum Gasteiger partial charge on any atom is -0.342 e. The highest BCUT2D eigenvalue weighted by molar-refractivity contribution is 5.75. The van der Waals surface area contributed by atoms with Crippen molar-refractivity contribution >= 4 is 5.91 Å². The lowest BCUT2D eigenvalue weighted by Crippen LogP contribution is -2.43. The van der Waals surface area contributed by atoms with Gasteiger partial charge in [-0.3, -0.25) is 4.79 Å². The van der Waals surface area contributed by atoms with E-state index in [1.165, 1.54) is 12.8 Å². The first-order chi connectivity index (χ1) is 5.55. The van der Waals surface area contributed by atoms with E-state index in [9.17, 15) is 4.79 Å². The number of hydrogen-bond donors (Lipinski definition) is 0. The maximum Gasteiger partial charge on any atom is 0.222 e. The van der Waals surface area contributed by atoms with E-state index in [-0.39, 0.29) is 0 Å². The third-order valence-corrected chi connectivity index (χ3v) is 2.56. The minimum atomic E-state index is 0.308. The second-order valence-electron chi connectivity index (χ2n) is 4.44. The van der Waals surface area contributed by atoms with Crippen LogP contribution in [0.4, 0.5) is 0 Å². The molecule has 12 heavy (non-hydrogen) atoms. The van der Waals surface area contributed by atoms with E-state index in [2.05, 4.69) is 13.8 Å². The highest BCUT2D eigenvalue weighted by atomic mass is 16.2. The van der Waals surface area contributed by atoms with E-state index >= 15 is 0 Å². The Bertz CT molecular complexity index is 175. The molecule has 0 atom stereocenters. The zero-order chi connectivity index (χ0) is 9.19. The fraction of sp³-hybridized carbons (Fsp3) is 0.900. The van der Waals surface area contributed by atoms with Gasteiger partial charge in [0, 0.05) is 19.5 Å². The molecule has 0 aromatic heterocycles. The van der Waals surface area contributed by atoms with Crippen molar-refractivity contribution in [3.63, 3.8) is 0 Å². The van der Waals surface area contributed by atoms with Crippen LogP contribution in [0.15, 0.2) is 0 Å². The zero-order valence-electron chi connectivity index (χ0n) is 8.39. The Balaban J connectivity index is 2.52. The Labute approximate surface area is 74.9 Å². The van der Waals surface area contributed by atoms with Gasteiger partial charge >= 0.3 is 0 Å². The fourth-order valence-corrected chi connectivity index (χ4v) is 1.86. The van der Waals surface area contributed by atoms with Gasteiger partial charge in [-0.05, 0) is 18.3 Å². The third kappa shape index (κ3) is 2.23. The molecule has 0 saturated carbocycles. The number of carbonyl (C=O) groups excluding carboxylic acids is 1. The van der Waals surface area contributed by atoms with Gasteiger partial charge in [0.15, 0.2) is 0 Å². The number of piperidine rings is 1. The van der Waals surface area contributed by atoms with Crippen molar-refractivity contribution in [3.8, 4) is 0 Å². The van der Waals surface area contributed by atoms with Gasteiger partial charge in [0.25, 0.3) is 0 Å². The molecule has 0 unspecified atom stereocenters. The van der Waals surface area contributed by atoms with Crippen molar-refractivity contribution in [1.29, 1.82) is 0 Å². The third-order valence-electron chi connectivity index (χ3n) is 2.56. The number of likely N-dealkylation sites (tertiary alicyclic amines) is 1. The van der Waals surface area contributed by atoms with Crippen LogP contribution in [0.5, 0.6) is 0 Å². The van der Waals surface area contributed by atoms with Crippen molar-refractivity contribution in [2.45, 2.75) is 40.0 Å². The van der Waals surface area contributed by atoms with E-state index in [0.29, 0.717) is 17.7 Å². The first-order valence-electron chi connectivity index (χ1n) is 4.83. The quantitative estimate of drug-likeness (QED) is 0.588. The molecule has 0 aromatic carbocycles. The van der Waals surface area contributed by atoms with E-state index in [1.54, 1.807) is 0 Å². The highest BCUT2D eigenvalue weighted by Gasteiger charge is 2.27. The maximum absolute atomic E-state index is 11.4. The molecule has 0 bridgehead atoms. The SMILES string of the molecule is CCC(=O)N1CCCC(C)(C)C1. The first kappa shape index (κ1) is 9.56. The lowest BCUT2D eigenvalue weighted by molar-refractivity contribution is -0.133. The van der Waals surface area contributed by atoms with Crippen LogP contribution in [0.2, 0.25) is 0 Å². The molecule has 0 N–H and O–H groups in total. The van der Waals surface area contributed by atoms with Gasteiger partial charge in [-0.1, -0.05) is 20.8 Å². The van der Waals surface area contributed by atoms with E-state index in [4.69, 9.17) is 0 Å². The second-order valence-corrected chi connectivity index (χ2v) is 4.44. The maximum atomic E-state index is 11.4. The van der Waals surface area contributed by atoms with Gasteiger partial charge in [-0.2, -0.15) is 0 Å². The standard InChI is InChI=1S/C10H19NO/c1-4-9(12)11-7-5-6-10(2,3)8-11/h4-8H2,1-3H3. The zero-order valence-corrected chi connectivity index (χ0v) is 8.39. The summed E-state index contributed by atoms with van der Waals surface area (Å²) in [5.41, 5.74) is 0.336. The Morgan fingerprint density at radius 2 is 2.17 bits per heavy atom.